The number of benzene rings is 2. The highest BCUT2D eigenvalue weighted by Crippen LogP contribution is 2.39. The lowest BCUT2D eigenvalue weighted by Crippen LogP contribution is -2.24. The summed E-state index contributed by atoms with van der Waals surface area (Å²) in [6.07, 6.45) is 1.68. The van der Waals surface area contributed by atoms with Crippen LogP contribution in [0.3, 0.4) is 0 Å². The Balaban J connectivity index is 1.75. The van der Waals surface area contributed by atoms with Gasteiger partial charge in [0.25, 0.3) is 5.56 Å². The summed E-state index contributed by atoms with van der Waals surface area (Å²) in [7, 11) is 0. The molecule has 134 valence electrons. The summed E-state index contributed by atoms with van der Waals surface area (Å²) in [5, 5.41) is 0.729. The van der Waals surface area contributed by atoms with Crippen LogP contribution in [-0.2, 0) is 13.1 Å². The monoisotopic (exact) mass is 363 g/mol. The maximum atomic E-state index is 14.2. The molecule has 0 saturated heterocycles. The molecule has 5 rings (SSSR count). The number of rotatable bonds is 2. The van der Waals surface area contributed by atoms with Gasteiger partial charge in [0.2, 0.25) is 0 Å². The van der Waals surface area contributed by atoms with Crippen LogP contribution in [0, 0.1) is 11.6 Å². The van der Waals surface area contributed by atoms with E-state index in [2.05, 4.69) is 4.57 Å². The van der Waals surface area contributed by atoms with Crippen molar-refractivity contribution in [3.8, 4) is 11.1 Å². The normalized spacial score (nSPS) is 12.4. The van der Waals surface area contributed by atoms with Gasteiger partial charge in [0.15, 0.2) is 0 Å². The van der Waals surface area contributed by atoms with Crippen LogP contribution < -0.4 is 11.3 Å². The number of halogens is 2. The molecule has 0 radical (unpaired) electrons. The Morgan fingerprint density at radius 1 is 1.00 bits per heavy atom. The topological polar surface area (TPSA) is 52.9 Å². The fraction of sp³-hybridized carbons (Fsp3) is 0.0952. The van der Waals surface area contributed by atoms with Crippen LogP contribution in [0.2, 0.25) is 0 Å². The molecule has 0 aliphatic carbocycles. The van der Waals surface area contributed by atoms with Crippen molar-refractivity contribution in [3.05, 3.63) is 88.0 Å². The first-order valence-electron chi connectivity index (χ1n) is 8.56. The lowest BCUT2D eigenvalue weighted by atomic mass is 9.95. The smallest absolute Gasteiger partial charge is 0.274 e. The van der Waals surface area contributed by atoms with Crippen LogP contribution in [0.4, 0.5) is 14.5 Å². The lowest BCUT2D eigenvalue weighted by Gasteiger charge is -2.22. The SMILES string of the molecule is Nc1cccn(Cc2cc3cc(F)cc4c3n2Cc2ccc(F)cc2-4)c1=O. The molecule has 2 aromatic carbocycles. The number of fused-ring (bicyclic) bond motifs is 2. The molecule has 0 unspecified atom stereocenters. The Morgan fingerprint density at radius 3 is 2.67 bits per heavy atom. The van der Waals surface area contributed by atoms with E-state index in [0.717, 1.165) is 22.2 Å². The fourth-order valence-corrected chi connectivity index (χ4v) is 3.91. The summed E-state index contributed by atoms with van der Waals surface area (Å²) in [5.74, 6) is -0.725. The number of hydrogen-bond acceptors (Lipinski definition) is 2. The minimum absolute atomic E-state index is 0.180. The minimum Gasteiger partial charge on any atom is -0.394 e. The molecule has 0 fully saturated rings. The van der Waals surface area contributed by atoms with Crippen molar-refractivity contribution in [2.24, 2.45) is 0 Å². The van der Waals surface area contributed by atoms with Crippen LogP contribution in [0.1, 0.15) is 11.3 Å². The highest BCUT2D eigenvalue weighted by Gasteiger charge is 2.23. The van der Waals surface area contributed by atoms with Gasteiger partial charge in [-0.1, -0.05) is 6.07 Å². The van der Waals surface area contributed by atoms with Crippen molar-refractivity contribution in [1.82, 2.24) is 9.13 Å². The van der Waals surface area contributed by atoms with Crippen LogP contribution in [0.5, 0.6) is 0 Å². The maximum Gasteiger partial charge on any atom is 0.274 e. The lowest BCUT2D eigenvalue weighted by molar-refractivity contribution is 0.623. The zero-order valence-corrected chi connectivity index (χ0v) is 14.2. The quantitative estimate of drug-likeness (QED) is 0.519. The van der Waals surface area contributed by atoms with Gasteiger partial charge < -0.3 is 14.9 Å². The van der Waals surface area contributed by atoms with E-state index in [9.17, 15) is 13.6 Å². The highest BCUT2D eigenvalue weighted by molar-refractivity contribution is 5.97. The Labute approximate surface area is 153 Å². The molecule has 2 N–H and O–H groups in total. The van der Waals surface area contributed by atoms with Crippen molar-refractivity contribution in [2.75, 3.05) is 5.73 Å². The Kier molecular flexibility index (Phi) is 3.25. The van der Waals surface area contributed by atoms with E-state index in [1.54, 1.807) is 24.4 Å². The van der Waals surface area contributed by atoms with Gasteiger partial charge in [-0.25, -0.2) is 8.78 Å². The molecule has 1 aliphatic heterocycles. The van der Waals surface area contributed by atoms with Crippen molar-refractivity contribution >= 4 is 16.6 Å². The first-order chi connectivity index (χ1) is 13.0. The zero-order chi connectivity index (χ0) is 18.7. The third-order valence-electron chi connectivity index (χ3n) is 5.12. The second-order valence-corrected chi connectivity index (χ2v) is 6.81. The fourth-order valence-electron chi connectivity index (χ4n) is 3.91. The molecule has 6 heteroatoms. The number of aromatic nitrogens is 2. The van der Waals surface area contributed by atoms with Gasteiger partial charge >= 0.3 is 0 Å². The molecular formula is C21H15F2N3O. The van der Waals surface area contributed by atoms with Gasteiger partial charge in [-0.3, -0.25) is 4.79 Å². The Morgan fingerprint density at radius 2 is 1.81 bits per heavy atom. The molecule has 0 saturated carbocycles. The summed E-state index contributed by atoms with van der Waals surface area (Å²) < 4.78 is 31.6. The highest BCUT2D eigenvalue weighted by atomic mass is 19.1. The third kappa shape index (κ3) is 2.37. The molecule has 1 aliphatic rings. The molecular weight excluding hydrogens is 348 g/mol. The van der Waals surface area contributed by atoms with Gasteiger partial charge in [-0.2, -0.15) is 0 Å². The van der Waals surface area contributed by atoms with E-state index in [1.807, 2.05) is 6.07 Å². The van der Waals surface area contributed by atoms with Gasteiger partial charge in [-0.15, -0.1) is 0 Å². The molecule has 0 atom stereocenters. The molecule has 0 bridgehead atoms. The largest absolute Gasteiger partial charge is 0.394 e. The Hall–Kier alpha value is -3.41. The van der Waals surface area contributed by atoms with Crippen LogP contribution in [0.15, 0.2) is 59.5 Å². The molecule has 4 aromatic rings. The molecule has 4 nitrogen and oxygen atoms in total. The number of nitrogens with zero attached hydrogens (tertiary/aromatic N) is 2. The van der Waals surface area contributed by atoms with Crippen LogP contribution in [-0.4, -0.2) is 9.13 Å². The van der Waals surface area contributed by atoms with E-state index in [4.69, 9.17) is 5.73 Å². The molecule has 27 heavy (non-hydrogen) atoms. The van der Waals surface area contributed by atoms with Crippen molar-refractivity contribution in [2.45, 2.75) is 13.1 Å². The average Bonchev–Trinajstić information content (AvgIpc) is 2.97. The number of anilines is 1. The zero-order valence-electron chi connectivity index (χ0n) is 14.2. The average molecular weight is 363 g/mol. The molecule has 0 spiro atoms. The first kappa shape index (κ1) is 15.8. The van der Waals surface area contributed by atoms with Crippen molar-refractivity contribution in [3.63, 3.8) is 0 Å². The number of hydrogen-bond donors (Lipinski definition) is 1. The van der Waals surface area contributed by atoms with Gasteiger partial charge in [-0.05, 0) is 53.6 Å². The number of nitrogens with two attached hydrogens (primary N) is 1. The van der Waals surface area contributed by atoms with E-state index in [-0.39, 0.29) is 22.9 Å². The molecule has 2 aromatic heterocycles. The minimum atomic E-state index is -0.376. The van der Waals surface area contributed by atoms with Crippen LogP contribution in [0.25, 0.3) is 22.0 Å². The summed E-state index contributed by atoms with van der Waals surface area (Å²) in [5.41, 5.74) is 9.63. The second-order valence-electron chi connectivity index (χ2n) is 6.81. The molecule has 3 heterocycles. The van der Waals surface area contributed by atoms with Crippen molar-refractivity contribution < 1.29 is 8.78 Å². The summed E-state index contributed by atoms with van der Waals surface area (Å²) in [6, 6.07) is 12.6. The first-order valence-corrected chi connectivity index (χ1v) is 8.56. The van der Waals surface area contributed by atoms with Gasteiger partial charge in [0, 0.05) is 29.4 Å². The van der Waals surface area contributed by atoms with E-state index < -0.39 is 0 Å². The Bertz CT molecular complexity index is 1290. The summed E-state index contributed by atoms with van der Waals surface area (Å²) in [4.78, 5) is 12.3. The number of nitrogen functional groups attached to an aromatic ring is 1. The van der Waals surface area contributed by atoms with Crippen LogP contribution >= 0.6 is 0 Å². The predicted molar refractivity (Wildman–Crippen MR) is 101 cm³/mol. The van der Waals surface area contributed by atoms with Gasteiger partial charge in [0.1, 0.15) is 11.6 Å². The van der Waals surface area contributed by atoms with E-state index in [0.29, 0.717) is 24.2 Å². The molecule has 0 amide bonds. The summed E-state index contributed by atoms with van der Waals surface area (Å²) >= 11 is 0. The van der Waals surface area contributed by atoms with E-state index >= 15 is 0 Å². The third-order valence-corrected chi connectivity index (χ3v) is 5.12. The van der Waals surface area contributed by atoms with Crippen molar-refractivity contribution in [1.29, 1.82) is 0 Å². The van der Waals surface area contributed by atoms with Gasteiger partial charge in [0.05, 0.1) is 17.7 Å². The summed E-state index contributed by atoms with van der Waals surface area (Å²) in [6.45, 7) is 0.848. The second kappa shape index (κ2) is 5.54. The standard InChI is InChI=1S/C21H15F2N3O/c22-14-4-3-12-10-26-16(11-25-5-1-2-19(24)21(25)27)7-13-6-15(23)9-18(20(13)26)17(12)8-14/h1-9H,10-11,24H2. The predicted octanol–water partition coefficient (Wildman–Crippen LogP) is 3.74. The number of pyridine rings is 1. The van der Waals surface area contributed by atoms with E-state index in [1.165, 1.54) is 28.8 Å². The maximum absolute atomic E-state index is 14.2.